The third kappa shape index (κ3) is 7.96. The molecule has 0 bridgehead atoms. The number of carbonyl (C=O) groups excluding carboxylic acids is 5. The number of carbonyl (C=O) groups is 5. The van der Waals surface area contributed by atoms with Crippen molar-refractivity contribution in [1.82, 2.24) is 21.3 Å². The van der Waals surface area contributed by atoms with E-state index in [0.29, 0.717) is 25.7 Å². The highest BCUT2D eigenvalue weighted by Crippen LogP contribution is 2.28. The van der Waals surface area contributed by atoms with Crippen molar-refractivity contribution in [2.24, 2.45) is 11.8 Å². The van der Waals surface area contributed by atoms with Gasteiger partial charge in [0.2, 0.25) is 17.7 Å². The predicted molar refractivity (Wildman–Crippen MR) is 128 cm³/mol. The number of hydrogen-bond donors (Lipinski definition) is 4. The maximum atomic E-state index is 12.5. The maximum Gasteiger partial charge on any atom is 0.407 e. The Morgan fingerprint density at radius 3 is 1.94 bits per heavy atom. The van der Waals surface area contributed by atoms with Crippen molar-refractivity contribution in [2.75, 3.05) is 20.2 Å². The van der Waals surface area contributed by atoms with Gasteiger partial charge < -0.3 is 30.7 Å². The number of methoxy groups -OCH3 is 1. The van der Waals surface area contributed by atoms with Crippen molar-refractivity contribution < 1.29 is 33.4 Å². The SMILES string of the molecule is COC(=O)CCNC(=O)[C@@H]1CC[C@@H]1NC(=O)CCNC(=O)[C@@H]1CC[C@@H]1NC(=O)OCc1ccccc1. The topological polar surface area (TPSA) is 152 Å². The summed E-state index contributed by atoms with van der Waals surface area (Å²) in [7, 11) is 1.29. The molecule has 4 atom stereocenters. The van der Waals surface area contributed by atoms with Crippen molar-refractivity contribution >= 4 is 29.8 Å². The third-order valence-corrected chi connectivity index (χ3v) is 6.59. The fraction of sp³-hybridized carbons (Fsp3) is 0.560. The number of alkyl carbamates (subject to hydrolysis) is 1. The van der Waals surface area contributed by atoms with Crippen LogP contribution in [0.4, 0.5) is 4.79 Å². The van der Waals surface area contributed by atoms with Crippen molar-refractivity contribution in [3.05, 3.63) is 35.9 Å². The number of esters is 1. The van der Waals surface area contributed by atoms with Gasteiger partial charge in [-0.1, -0.05) is 30.3 Å². The quantitative estimate of drug-likeness (QED) is 0.308. The average molecular weight is 503 g/mol. The van der Waals surface area contributed by atoms with Crippen molar-refractivity contribution in [1.29, 1.82) is 0 Å². The second-order valence-corrected chi connectivity index (χ2v) is 9.01. The van der Waals surface area contributed by atoms with E-state index in [-0.39, 0.29) is 74.2 Å². The summed E-state index contributed by atoms with van der Waals surface area (Å²) in [4.78, 5) is 60.1. The number of ether oxygens (including phenoxy) is 2. The van der Waals surface area contributed by atoms with Crippen LogP contribution in [0.25, 0.3) is 0 Å². The van der Waals surface area contributed by atoms with E-state index in [1.165, 1.54) is 7.11 Å². The summed E-state index contributed by atoms with van der Waals surface area (Å²) < 4.78 is 9.74. The fourth-order valence-electron chi connectivity index (χ4n) is 4.12. The number of benzene rings is 1. The average Bonchev–Trinajstić information content (AvgIpc) is 2.83. The number of hydrogen-bond acceptors (Lipinski definition) is 7. The molecular formula is C25H34N4O7. The van der Waals surface area contributed by atoms with Crippen LogP contribution in [-0.2, 0) is 35.3 Å². The normalized spacial score (nSPS) is 22.1. The van der Waals surface area contributed by atoms with Gasteiger partial charge in [0.1, 0.15) is 6.61 Å². The van der Waals surface area contributed by atoms with Crippen LogP contribution in [0.1, 0.15) is 44.1 Å². The number of amides is 4. The summed E-state index contributed by atoms with van der Waals surface area (Å²) in [6, 6.07) is 8.77. The first-order chi connectivity index (χ1) is 17.4. The van der Waals surface area contributed by atoms with Gasteiger partial charge in [0, 0.05) is 31.6 Å². The Balaban J connectivity index is 1.28. The molecule has 4 amide bonds. The summed E-state index contributed by atoms with van der Waals surface area (Å²) in [5, 5.41) is 11.0. The minimum absolute atomic E-state index is 0.0862. The minimum Gasteiger partial charge on any atom is -0.469 e. The fourth-order valence-corrected chi connectivity index (χ4v) is 4.12. The van der Waals surface area contributed by atoms with E-state index in [2.05, 4.69) is 26.0 Å². The Morgan fingerprint density at radius 1 is 0.806 bits per heavy atom. The molecule has 11 nitrogen and oxygen atoms in total. The lowest BCUT2D eigenvalue weighted by Gasteiger charge is -2.36. The zero-order valence-corrected chi connectivity index (χ0v) is 20.4. The molecule has 2 aliphatic carbocycles. The van der Waals surface area contributed by atoms with Gasteiger partial charge in [-0.05, 0) is 31.2 Å². The number of nitrogens with one attached hydrogen (secondary N) is 4. The largest absolute Gasteiger partial charge is 0.469 e. The summed E-state index contributed by atoms with van der Waals surface area (Å²) in [5.41, 5.74) is 0.876. The molecule has 1 aromatic rings. The van der Waals surface area contributed by atoms with E-state index < -0.39 is 12.1 Å². The van der Waals surface area contributed by atoms with E-state index in [0.717, 1.165) is 5.56 Å². The van der Waals surface area contributed by atoms with Gasteiger partial charge in [0.15, 0.2) is 0 Å². The van der Waals surface area contributed by atoms with Crippen LogP contribution in [0.15, 0.2) is 30.3 Å². The Hall–Kier alpha value is -3.63. The first-order valence-electron chi connectivity index (χ1n) is 12.3. The summed E-state index contributed by atoms with van der Waals surface area (Å²) in [6.07, 6.45) is 2.31. The smallest absolute Gasteiger partial charge is 0.407 e. The molecule has 36 heavy (non-hydrogen) atoms. The Morgan fingerprint density at radius 2 is 1.39 bits per heavy atom. The zero-order chi connectivity index (χ0) is 25.9. The minimum atomic E-state index is -0.565. The lowest BCUT2D eigenvalue weighted by atomic mass is 9.78. The van der Waals surface area contributed by atoms with E-state index in [9.17, 15) is 24.0 Å². The second kappa shape index (κ2) is 13.5. The Bertz CT molecular complexity index is 940. The van der Waals surface area contributed by atoms with Crippen LogP contribution in [0.5, 0.6) is 0 Å². The van der Waals surface area contributed by atoms with Crippen LogP contribution in [0, 0.1) is 11.8 Å². The molecule has 11 heteroatoms. The molecule has 0 heterocycles. The highest BCUT2D eigenvalue weighted by atomic mass is 16.5. The maximum absolute atomic E-state index is 12.5. The molecule has 0 aliphatic heterocycles. The molecule has 2 fully saturated rings. The molecule has 0 saturated heterocycles. The van der Waals surface area contributed by atoms with Gasteiger partial charge in [0.25, 0.3) is 0 Å². The predicted octanol–water partition coefficient (Wildman–Crippen LogP) is 0.772. The van der Waals surface area contributed by atoms with E-state index >= 15 is 0 Å². The molecule has 0 radical (unpaired) electrons. The molecule has 1 aromatic carbocycles. The molecule has 0 spiro atoms. The first-order valence-corrected chi connectivity index (χ1v) is 12.3. The van der Waals surface area contributed by atoms with Crippen LogP contribution in [0.3, 0.4) is 0 Å². The molecule has 196 valence electrons. The summed E-state index contributed by atoms with van der Waals surface area (Å²) in [5.74, 6) is -1.75. The van der Waals surface area contributed by atoms with Gasteiger partial charge in [-0.15, -0.1) is 0 Å². The lowest BCUT2D eigenvalue weighted by molar-refractivity contribution is -0.140. The molecule has 3 rings (SSSR count). The highest BCUT2D eigenvalue weighted by molar-refractivity contribution is 5.84. The summed E-state index contributed by atoms with van der Waals surface area (Å²) in [6.45, 7) is 0.508. The second-order valence-electron chi connectivity index (χ2n) is 9.01. The van der Waals surface area contributed by atoms with Gasteiger partial charge in [-0.3, -0.25) is 19.2 Å². The zero-order valence-electron chi connectivity index (χ0n) is 20.4. The van der Waals surface area contributed by atoms with Crippen LogP contribution in [-0.4, -0.2) is 62.1 Å². The van der Waals surface area contributed by atoms with Crippen LogP contribution in [0.2, 0.25) is 0 Å². The van der Waals surface area contributed by atoms with Gasteiger partial charge >= 0.3 is 12.1 Å². The van der Waals surface area contributed by atoms with Crippen LogP contribution >= 0.6 is 0 Å². The van der Waals surface area contributed by atoms with E-state index in [4.69, 9.17) is 4.74 Å². The van der Waals surface area contributed by atoms with Gasteiger partial charge in [0.05, 0.1) is 25.4 Å². The standard InChI is InChI=1S/C25H34N4O7/c1-35-22(31)12-14-27-23(32)17-7-9-19(17)28-21(30)11-13-26-24(33)18-8-10-20(18)29-25(34)36-15-16-5-3-2-4-6-16/h2-6,17-20H,7-15H2,1H3,(H,26,33)(H,27,32)(H,28,30)(H,29,34)/t17-,18-,19+,20+/m1/s1. The highest BCUT2D eigenvalue weighted by Gasteiger charge is 2.39. The number of rotatable bonds is 12. The van der Waals surface area contributed by atoms with Crippen LogP contribution < -0.4 is 21.3 Å². The monoisotopic (exact) mass is 502 g/mol. The molecule has 0 unspecified atom stereocenters. The first kappa shape index (κ1) is 27.0. The molecule has 2 saturated carbocycles. The van der Waals surface area contributed by atoms with E-state index in [1.54, 1.807) is 0 Å². The molecular weight excluding hydrogens is 468 g/mol. The third-order valence-electron chi connectivity index (χ3n) is 6.59. The van der Waals surface area contributed by atoms with Crippen molar-refractivity contribution in [2.45, 2.75) is 57.2 Å². The Kier molecular flexibility index (Phi) is 10.1. The van der Waals surface area contributed by atoms with Crippen molar-refractivity contribution in [3.63, 3.8) is 0 Å². The van der Waals surface area contributed by atoms with Crippen molar-refractivity contribution in [3.8, 4) is 0 Å². The Labute approximate surface area is 210 Å². The van der Waals surface area contributed by atoms with Gasteiger partial charge in [-0.25, -0.2) is 4.79 Å². The molecule has 2 aliphatic rings. The molecule has 0 aromatic heterocycles. The van der Waals surface area contributed by atoms with Gasteiger partial charge in [-0.2, -0.15) is 0 Å². The molecule has 4 N–H and O–H groups in total. The summed E-state index contributed by atoms with van der Waals surface area (Å²) >= 11 is 0. The van der Waals surface area contributed by atoms with E-state index in [1.807, 2.05) is 30.3 Å². The lowest BCUT2D eigenvalue weighted by Crippen LogP contribution is -2.54.